The van der Waals surface area contributed by atoms with Gasteiger partial charge in [0.05, 0.1) is 10.6 Å². The van der Waals surface area contributed by atoms with Gasteiger partial charge in [0, 0.05) is 17.5 Å². The number of carbonyl (C=O) groups is 1. The normalized spacial score (nSPS) is 17.3. The van der Waals surface area contributed by atoms with Crippen molar-refractivity contribution in [2.75, 3.05) is 11.9 Å². The van der Waals surface area contributed by atoms with Crippen molar-refractivity contribution < 1.29 is 13.2 Å². The van der Waals surface area contributed by atoms with Crippen LogP contribution in [-0.4, -0.2) is 36.2 Å². The molecule has 1 saturated heterocycles. The van der Waals surface area contributed by atoms with Gasteiger partial charge in [0.25, 0.3) is 0 Å². The van der Waals surface area contributed by atoms with E-state index in [4.69, 9.17) is 0 Å². The predicted octanol–water partition coefficient (Wildman–Crippen LogP) is 3.91. The van der Waals surface area contributed by atoms with Crippen LogP contribution in [-0.2, 0) is 14.8 Å². The van der Waals surface area contributed by atoms with Crippen LogP contribution >= 0.6 is 11.3 Å². The molecule has 8 heteroatoms. The molecule has 0 spiro atoms. The van der Waals surface area contributed by atoms with Gasteiger partial charge in [0.15, 0.2) is 5.13 Å². The van der Waals surface area contributed by atoms with Crippen LogP contribution in [0.2, 0.25) is 0 Å². The first-order chi connectivity index (χ1) is 13.9. The third kappa shape index (κ3) is 4.10. The molecule has 1 atom stereocenters. The maximum atomic E-state index is 13.0. The summed E-state index contributed by atoms with van der Waals surface area (Å²) in [6.45, 7) is 2.24. The largest absolute Gasteiger partial charge is 0.301 e. The summed E-state index contributed by atoms with van der Waals surface area (Å²) < 4.78 is 27.4. The molecule has 0 bridgehead atoms. The van der Waals surface area contributed by atoms with Crippen LogP contribution in [0, 0.1) is 6.92 Å². The van der Waals surface area contributed by atoms with Crippen molar-refractivity contribution in [3.05, 3.63) is 65.5 Å². The first-order valence-electron chi connectivity index (χ1n) is 9.35. The summed E-state index contributed by atoms with van der Waals surface area (Å²) >= 11 is 1.33. The van der Waals surface area contributed by atoms with E-state index in [1.807, 2.05) is 42.6 Å². The number of anilines is 1. The highest BCUT2D eigenvalue weighted by atomic mass is 32.2. The molecule has 0 aliphatic carbocycles. The molecule has 1 aliphatic rings. The minimum absolute atomic E-state index is 0.211. The van der Waals surface area contributed by atoms with Gasteiger partial charge in [-0.1, -0.05) is 48.0 Å². The zero-order valence-electron chi connectivity index (χ0n) is 15.9. The van der Waals surface area contributed by atoms with Crippen LogP contribution in [0.15, 0.2) is 64.9 Å². The Labute approximate surface area is 174 Å². The highest BCUT2D eigenvalue weighted by Gasteiger charge is 2.39. The molecular formula is C21H21N3O3S2. The minimum atomic E-state index is -3.72. The Bertz CT molecular complexity index is 1110. The summed E-state index contributed by atoms with van der Waals surface area (Å²) in [5.74, 6) is -0.341. The van der Waals surface area contributed by atoms with Gasteiger partial charge in [-0.15, -0.1) is 11.3 Å². The van der Waals surface area contributed by atoms with E-state index in [1.165, 1.54) is 15.6 Å². The van der Waals surface area contributed by atoms with Gasteiger partial charge in [0.2, 0.25) is 15.9 Å². The van der Waals surface area contributed by atoms with Crippen LogP contribution in [0.25, 0.3) is 11.3 Å². The number of aromatic nitrogens is 1. The molecule has 29 heavy (non-hydrogen) atoms. The first kappa shape index (κ1) is 19.8. The molecule has 1 aliphatic heterocycles. The topological polar surface area (TPSA) is 79.4 Å². The molecule has 3 aromatic rings. The van der Waals surface area contributed by atoms with Crippen molar-refractivity contribution >= 4 is 32.4 Å². The Morgan fingerprint density at radius 3 is 2.59 bits per heavy atom. The van der Waals surface area contributed by atoms with Gasteiger partial charge in [-0.25, -0.2) is 13.4 Å². The second-order valence-electron chi connectivity index (χ2n) is 6.98. The number of benzene rings is 2. The van der Waals surface area contributed by atoms with Gasteiger partial charge < -0.3 is 5.32 Å². The van der Waals surface area contributed by atoms with Crippen molar-refractivity contribution in [2.45, 2.75) is 30.7 Å². The lowest BCUT2D eigenvalue weighted by atomic mass is 10.2. The average Bonchev–Trinajstić information content (AvgIpc) is 3.39. The van der Waals surface area contributed by atoms with E-state index in [9.17, 15) is 13.2 Å². The summed E-state index contributed by atoms with van der Waals surface area (Å²) in [7, 11) is -3.72. The van der Waals surface area contributed by atoms with Gasteiger partial charge in [-0.3, -0.25) is 4.79 Å². The lowest BCUT2D eigenvalue weighted by Gasteiger charge is -2.23. The monoisotopic (exact) mass is 427 g/mol. The van der Waals surface area contributed by atoms with Gasteiger partial charge in [-0.05, 0) is 31.9 Å². The third-order valence-electron chi connectivity index (χ3n) is 4.94. The van der Waals surface area contributed by atoms with E-state index >= 15 is 0 Å². The fourth-order valence-electron chi connectivity index (χ4n) is 3.40. The highest BCUT2D eigenvalue weighted by molar-refractivity contribution is 7.89. The zero-order valence-corrected chi connectivity index (χ0v) is 17.5. The summed E-state index contributed by atoms with van der Waals surface area (Å²) in [4.78, 5) is 17.5. The molecule has 150 valence electrons. The molecule has 0 saturated carbocycles. The van der Waals surface area contributed by atoms with E-state index in [-0.39, 0.29) is 10.8 Å². The minimum Gasteiger partial charge on any atom is -0.301 e. The van der Waals surface area contributed by atoms with E-state index in [0.29, 0.717) is 24.5 Å². The number of aryl methyl sites for hydroxylation is 1. The summed E-state index contributed by atoms with van der Waals surface area (Å²) in [5, 5.41) is 5.14. The lowest BCUT2D eigenvalue weighted by Crippen LogP contribution is -2.43. The van der Waals surface area contributed by atoms with Crippen LogP contribution < -0.4 is 5.32 Å². The van der Waals surface area contributed by atoms with Gasteiger partial charge >= 0.3 is 0 Å². The second-order valence-corrected chi connectivity index (χ2v) is 9.73. The van der Waals surface area contributed by atoms with E-state index in [0.717, 1.165) is 16.8 Å². The van der Waals surface area contributed by atoms with E-state index < -0.39 is 16.1 Å². The summed E-state index contributed by atoms with van der Waals surface area (Å²) in [6, 6.07) is 15.7. The number of nitrogens with one attached hydrogen (secondary N) is 1. The predicted molar refractivity (Wildman–Crippen MR) is 114 cm³/mol. The molecule has 1 amide bonds. The number of thiazole rings is 1. The number of carbonyl (C=O) groups excluding carboxylic acids is 1. The smallest absolute Gasteiger partial charge is 0.244 e. The number of nitrogens with zero attached hydrogens (tertiary/aromatic N) is 2. The van der Waals surface area contributed by atoms with Crippen LogP contribution in [0.3, 0.4) is 0 Å². The number of amides is 1. The van der Waals surface area contributed by atoms with Gasteiger partial charge in [0.1, 0.15) is 6.04 Å². The van der Waals surface area contributed by atoms with Crippen LogP contribution in [0.4, 0.5) is 5.13 Å². The molecule has 0 radical (unpaired) electrons. The van der Waals surface area contributed by atoms with E-state index in [1.54, 1.807) is 24.3 Å². The number of hydrogen-bond donors (Lipinski definition) is 1. The highest BCUT2D eigenvalue weighted by Crippen LogP contribution is 2.29. The lowest BCUT2D eigenvalue weighted by molar-refractivity contribution is -0.119. The fraction of sp³-hybridized carbons (Fsp3) is 0.238. The number of rotatable bonds is 5. The standard InChI is InChI=1S/C21H21N3O3S2/c1-15-9-11-17(12-10-15)29(26,27)24-13-5-8-19(24)20(25)23-21-22-18(14-28-21)16-6-3-2-4-7-16/h2-4,6-7,9-12,14,19H,5,8,13H2,1H3,(H,22,23,25). The Morgan fingerprint density at radius 1 is 1.14 bits per heavy atom. The Balaban J connectivity index is 1.51. The quantitative estimate of drug-likeness (QED) is 0.670. The zero-order chi connectivity index (χ0) is 20.4. The first-order valence-corrected chi connectivity index (χ1v) is 11.7. The maximum absolute atomic E-state index is 13.0. The number of hydrogen-bond acceptors (Lipinski definition) is 5. The van der Waals surface area contributed by atoms with Gasteiger partial charge in [-0.2, -0.15) is 4.31 Å². The Morgan fingerprint density at radius 2 is 1.86 bits per heavy atom. The Hall–Kier alpha value is -2.55. The number of sulfonamides is 1. The molecule has 4 rings (SSSR count). The third-order valence-corrected chi connectivity index (χ3v) is 7.62. The van der Waals surface area contributed by atoms with Crippen LogP contribution in [0.1, 0.15) is 18.4 Å². The van der Waals surface area contributed by atoms with Crippen molar-refractivity contribution in [1.82, 2.24) is 9.29 Å². The average molecular weight is 428 g/mol. The van der Waals surface area contributed by atoms with Crippen LogP contribution in [0.5, 0.6) is 0 Å². The summed E-state index contributed by atoms with van der Waals surface area (Å²) in [6.07, 6.45) is 1.14. The van der Waals surface area contributed by atoms with Crippen molar-refractivity contribution in [2.24, 2.45) is 0 Å². The SMILES string of the molecule is Cc1ccc(S(=O)(=O)N2CCCC2C(=O)Nc2nc(-c3ccccc3)cs2)cc1. The molecule has 1 aromatic heterocycles. The van der Waals surface area contributed by atoms with Crippen molar-refractivity contribution in [3.63, 3.8) is 0 Å². The maximum Gasteiger partial charge on any atom is 0.244 e. The second kappa shape index (κ2) is 8.06. The van der Waals surface area contributed by atoms with Crippen molar-refractivity contribution in [1.29, 1.82) is 0 Å². The summed E-state index contributed by atoms with van der Waals surface area (Å²) in [5.41, 5.74) is 2.73. The Kier molecular flexibility index (Phi) is 5.49. The molecule has 1 fully saturated rings. The fourth-order valence-corrected chi connectivity index (χ4v) is 5.78. The molecule has 1 N–H and O–H groups in total. The molecule has 6 nitrogen and oxygen atoms in total. The molecule has 2 heterocycles. The molecule has 2 aromatic carbocycles. The van der Waals surface area contributed by atoms with E-state index in [2.05, 4.69) is 10.3 Å². The van der Waals surface area contributed by atoms with Crippen molar-refractivity contribution in [3.8, 4) is 11.3 Å². The molecule has 1 unspecified atom stereocenters. The molecular weight excluding hydrogens is 406 g/mol.